The summed E-state index contributed by atoms with van der Waals surface area (Å²) in [4.78, 5) is 0. The molecule has 0 radical (unpaired) electrons. The molecule has 0 aromatic heterocycles. The predicted octanol–water partition coefficient (Wildman–Crippen LogP) is 4.00. The molecule has 0 heterocycles. The second-order valence-electron chi connectivity index (χ2n) is 9.68. The zero-order chi connectivity index (χ0) is 15.7. The zero-order valence-electron chi connectivity index (χ0n) is 14.6. The summed E-state index contributed by atoms with van der Waals surface area (Å²) in [5.41, 5.74) is 0.624. The first-order valence-electron chi connectivity index (χ1n) is 9.73. The standard InChI is InChI=1S/C20H34O2/c1-12-10-14(21)11-13-4-5-15-16-6-7-18(22)19(16,2)9-8-17(15)20(12,13)3/h12-18,21-22H,4-11H2,1-3H3/t12-,13-,14+,15-,16-,17-,18+,19-,20-/m0/s1. The number of aliphatic hydroxyl groups excluding tert-OH is 2. The predicted molar refractivity (Wildman–Crippen MR) is 88.3 cm³/mol. The molecule has 4 aliphatic carbocycles. The van der Waals surface area contributed by atoms with Crippen LogP contribution in [0.5, 0.6) is 0 Å². The van der Waals surface area contributed by atoms with Crippen LogP contribution in [0.1, 0.15) is 72.1 Å². The van der Waals surface area contributed by atoms with Crippen LogP contribution in [0, 0.1) is 40.4 Å². The average Bonchev–Trinajstić information content (AvgIpc) is 2.77. The van der Waals surface area contributed by atoms with Gasteiger partial charge in [0, 0.05) is 0 Å². The maximum Gasteiger partial charge on any atom is 0.0596 e. The van der Waals surface area contributed by atoms with Gasteiger partial charge in [0.2, 0.25) is 0 Å². The summed E-state index contributed by atoms with van der Waals surface area (Å²) in [6.45, 7) is 7.32. The number of hydrogen-bond acceptors (Lipinski definition) is 2. The summed E-state index contributed by atoms with van der Waals surface area (Å²) >= 11 is 0. The van der Waals surface area contributed by atoms with Crippen molar-refractivity contribution in [1.29, 1.82) is 0 Å². The molecule has 4 rings (SSSR count). The summed E-state index contributed by atoms with van der Waals surface area (Å²) in [6, 6.07) is 0. The van der Waals surface area contributed by atoms with E-state index in [1.54, 1.807) is 0 Å². The van der Waals surface area contributed by atoms with Gasteiger partial charge in [-0.3, -0.25) is 0 Å². The third-order valence-corrected chi connectivity index (χ3v) is 9.16. The third kappa shape index (κ3) is 1.86. The Morgan fingerprint density at radius 3 is 2.41 bits per heavy atom. The number of hydrogen-bond donors (Lipinski definition) is 2. The van der Waals surface area contributed by atoms with E-state index < -0.39 is 0 Å². The lowest BCUT2D eigenvalue weighted by Crippen LogP contribution is -2.57. The van der Waals surface area contributed by atoms with Gasteiger partial charge in [-0.1, -0.05) is 20.8 Å². The van der Waals surface area contributed by atoms with Crippen molar-refractivity contribution in [1.82, 2.24) is 0 Å². The van der Waals surface area contributed by atoms with E-state index in [9.17, 15) is 10.2 Å². The van der Waals surface area contributed by atoms with Crippen molar-refractivity contribution in [3.63, 3.8) is 0 Å². The zero-order valence-corrected chi connectivity index (χ0v) is 14.6. The molecule has 9 atom stereocenters. The van der Waals surface area contributed by atoms with Gasteiger partial charge >= 0.3 is 0 Å². The van der Waals surface area contributed by atoms with Gasteiger partial charge in [0.05, 0.1) is 12.2 Å². The van der Waals surface area contributed by atoms with Crippen molar-refractivity contribution in [2.24, 2.45) is 40.4 Å². The topological polar surface area (TPSA) is 40.5 Å². The molecular weight excluding hydrogens is 272 g/mol. The van der Waals surface area contributed by atoms with Crippen LogP contribution < -0.4 is 0 Å². The van der Waals surface area contributed by atoms with Gasteiger partial charge in [-0.25, -0.2) is 0 Å². The SMILES string of the molecule is C[C@H]1C[C@@H](O)C[C@@H]2CC[C@H]3[C@@H]4CC[C@@H](O)[C@@]4(C)CC[C@@H]3[C@]21C. The van der Waals surface area contributed by atoms with Crippen LogP contribution >= 0.6 is 0 Å². The quantitative estimate of drug-likeness (QED) is 0.710. The number of aliphatic hydroxyl groups is 2. The smallest absolute Gasteiger partial charge is 0.0596 e. The van der Waals surface area contributed by atoms with Crippen molar-refractivity contribution < 1.29 is 10.2 Å². The van der Waals surface area contributed by atoms with E-state index in [0.29, 0.717) is 11.3 Å². The normalized spacial score (nSPS) is 61.2. The van der Waals surface area contributed by atoms with Crippen LogP contribution in [-0.2, 0) is 0 Å². The first-order valence-corrected chi connectivity index (χ1v) is 9.73. The summed E-state index contributed by atoms with van der Waals surface area (Å²) in [5, 5.41) is 20.7. The number of rotatable bonds is 0. The van der Waals surface area contributed by atoms with Gasteiger partial charge in [-0.15, -0.1) is 0 Å². The van der Waals surface area contributed by atoms with Crippen LogP contribution in [0.15, 0.2) is 0 Å². The molecule has 0 saturated heterocycles. The molecule has 0 unspecified atom stereocenters. The van der Waals surface area contributed by atoms with Crippen LogP contribution in [0.3, 0.4) is 0 Å². The van der Waals surface area contributed by atoms with Crippen molar-refractivity contribution in [3.8, 4) is 0 Å². The first kappa shape index (κ1) is 15.4. The fraction of sp³-hybridized carbons (Fsp3) is 1.00. The van der Waals surface area contributed by atoms with Gasteiger partial charge in [0.25, 0.3) is 0 Å². The molecule has 4 fully saturated rings. The van der Waals surface area contributed by atoms with Crippen molar-refractivity contribution in [2.45, 2.75) is 84.3 Å². The molecule has 0 amide bonds. The fourth-order valence-electron chi connectivity index (χ4n) is 7.67. The summed E-state index contributed by atoms with van der Waals surface area (Å²) < 4.78 is 0. The maximum atomic E-state index is 10.5. The molecule has 22 heavy (non-hydrogen) atoms. The Kier molecular flexibility index (Phi) is 3.48. The largest absolute Gasteiger partial charge is 0.393 e. The highest BCUT2D eigenvalue weighted by Gasteiger charge is 2.61. The minimum absolute atomic E-state index is 0.0606. The molecule has 2 N–H and O–H groups in total. The Bertz CT molecular complexity index is 449. The van der Waals surface area contributed by atoms with Gasteiger partial charge in [0.1, 0.15) is 0 Å². The van der Waals surface area contributed by atoms with E-state index in [1.165, 1.54) is 32.1 Å². The van der Waals surface area contributed by atoms with Gasteiger partial charge < -0.3 is 10.2 Å². The van der Waals surface area contributed by atoms with Crippen LogP contribution in [0.2, 0.25) is 0 Å². The third-order valence-electron chi connectivity index (χ3n) is 9.16. The molecular formula is C20H34O2. The highest BCUT2D eigenvalue weighted by atomic mass is 16.3. The fourth-order valence-corrected chi connectivity index (χ4v) is 7.67. The molecule has 4 saturated carbocycles. The van der Waals surface area contributed by atoms with Crippen LogP contribution in [-0.4, -0.2) is 22.4 Å². The summed E-state index contributed by atoms with van der Waals surface area (Å²) in [5.74, 6) is 3.78. The first-order chi connectivity index (χ1) is 10.4. The molecule has 0 spiro atoms. The van der Waals surface area contributed by atoms with Crippen molar-refractivity contribution in [2.75, 3.05) is 0 Å². The highest BCUT2D eigenvalue weighted by molar-refractivity contribution is 5.10. The minimum atomic E-state index is -0.0632. The van der Waals surface area contributed by atoms with Crippen molar-refractivity contribution in [3.05, 3.63) is 0 Å². The van der Waals surface area contributed by atoms with E-state index in [1.807, 2.05) is 0 Å². The van der Waals surface area contributed by atoms with E-state index in [4.69, 9.17) is 0 Å². The molecule has 0 aromatic carbocycles. The lowest BCUT2D eigenvalue weighted by molar-refractivity contribution is -0.156. The van der Waals surface area contributed by atoms with Crippen LogP contribution in [0.25, 0.3) is 0 Å². The molecule has 0 aromatic rings. The molecule has 4 aliphatic rings. The lowest BCUT2D eigenvalue weighted by Gasteiger charge is -2.62. The van der Waals surface area contributed by atoms with E-state index in [0.717, 1.165) is 42.9 Å². The Labute approximate surface area is 135 Å². The van der Waals surface area contributed by atoms with Gasteiger partial charge in [-0.05, 0) is 91.8 Å². The Morgan fingerprint density at radius 2 is 1.64 bits per heavy atom. The summed E-state index contributed by atoms with van der Waals surface area (Å²) in [6.07, 6.45) is 9.37. The van der Waals surface area contributed by atoms with E-state index in [-0.39, 0.29) is 17.6 Å². The van der Waals surface area contributed by atoms with Crippen molar-refractivity contribution >= 4 is 0 Å². The molecule has 2 nitrogen and oxygen atoms in total. The van der Waals surface area contributed by atoms with E-state index >= 15 is 0 Å². The highest BCUT2D eigenvalue weighted by Crippen LogP contribution is 2.67. The van der Waals surface area contributed by atoms with Gasteiger partial charge in [0.15, 0.2) is 0 Å². The lowest BCUT2D eigenvalue weighted by atomic mass is 9.43. The maximum absolute atomic E-state index is 10.5. The average molecular weight is 306 g/mol. The van der Waals surface area contributed by atoms with Gasteiger partial charge in [-0.2, -0.15) is 0 Å². The Balaban J connectivity index is 1.66. The Morgan fingerprint density at radius 1 is 0.864 bits per heavy atom. The van der Waals surface area contributed by atoms with E-state index in [2.05, 4.69) is 20.8 Å². The summed E-state index contributed by atoms with van der Waals surface area (Å²) in [7, 11) is 0. The van der Waals surface area contributed by atoms with Crippen LogP contribution in [0.4, 0.5) is 0 Å². The number of fused-ring (bicyclic) bond motifs is 5. The molecule has 0 aliphatic heterocycles. The monoisotopic (exact) mass is 306 g/mol. The second kappa shape index (κ2) is 4.96. The molecule has 126 valence electrons. The molecule has 0 bridgehead atoms. The molecule has 2 heteroatoms. The second-order valence-corrected chi connectivity index (χ2v) is 9.68. The minimum Gasteiger partial charge on any atom is -0.393 e. The Hall–Kier alpha value is -0.0800.